The molecule has 2 heterocycles. The summed E-state index contributed by atoms with van der Waals surface area (Å²) in [5, 5.41) is 24.1. The van der Waals surface area contributed by atoms with E-state index in [9.17, 15) is 23.4 Å². The Labute approximate surface area is 215 Å². The predicted octanol–water partition coefficient (Wildman–Crippen LogP) is 4.66. The Balaban J connectivity index is 1.31. The minimum Gasteiger partial charge on any atom is -0.497 e. The van der Waals surface area contributed by atoms with Crippen LogP contribution >= 0.6 is 0 Å². The van der Waals surface area contributed by atoms with E-state index in [2.05, 4.69) is 15.2 Å². The zero-order valence-electron chi connectivity index (χ0n) is 21.1. The van der Waals surface area contributed by atoms with Crippen LogP contribution in [-0.2, 0) is 13.0 Å². The molecule has 1 saturated heterocycles. The SMILES string of the molecule is COc1ccc2ncc(CO)c(CCCC3(CO)CCN(CCNc4cc(F)c(F)c(F)c4)CC3)c2c1. The van der Waals surface area contributed by atoms with Gasteiger partial charge in [0.1, 0.15) is 5.75 Å². The summed E-state index contributed by atoms with van der Waals surface area (Å²) < 4.78 is 45.3. The third-order valence-corrected chi connectivity index (χ3v) is 7.57. The maximum Gasteiger partial charge on any atom is 0.194 e. The maximum absolute atomic E-state index is 13.4. The molecular weight excluding hydrogens is 483 g/mol. The second kappa shape index (κ2) is 12.1. The van der Waals surface area contributed by atoms with Gasteiger partial charge in [0, 0.05) is 49.1 Å². The number of piperidine rings is 1. The molecule has 3 aromatic rings. The number of methoxy groups -OCH3 is 1. The van der Waals surface area contributed by atoms with Gasteiger partial charge in [0.25, 0.3) is 0 Å². The highest BCUT2D eigenvalue weighted by Gasteiger charge is 2.33. The van der Waals surface area contributed by atoms with Crippen LogP contribution in [-0.4, -0.2) is 60.0 Å². The van der Waals surface area contributed by atoms with Crippen LogP contribution in [0.25, 0.3) is 10.9 Å². The number of halogens is 3. The number of aliphatic hydroxyl groups excluding tert-OH is 2. The van der Waals surface area contributed by atoms with E-state index in [0.29, 0.717) is 13.1 Å². The van der Waals surface area contributed by atoms with E-state index in [1.165, 1.54) is 0 Å². The van der Waals surface area contributed by atoms with E-state index >= 15 is 0 Å². The van der Waals surface area contributed by atoms with E-state index in [1.54, 1.807) is 13.3 Å². The molecule has 1 aliphatic heterocycles. The van der Waals surface area contributed by atoms with E-state index in [1.807, 2.05) is 18.2 Å². The van der Waals surface area contributed by atoms with Gasteiger partial charge in [0.05, 0.1) is 19.2 Å². The van der Waals surface area contributed by atoms with Crippen LogP contribution in [0.2, 0.25) is 0 Å². The number of aryl methyl sites for hydroxylation is 1. The topological polar surface area (TPSA) is 77.8 Å². The second-order valence-corrected chi connectivity index (χ2v) is 9.84. The molecule has 2 aromatic carbocycles. The number of benzene rings is 2. The lowest BCUT2D eigenvalue weighted by Crippen LogP contribution is -2.43. The van der Waals surface area contributed by atoms with Crippen LogP contribution in [0.4, 0.5) is 18.9 Å². The number of pyridine rings is 1. The fourth-order valence-electron chi connectivity index (χ4n) is 5.22. The lowest BCUT2D eigenvalue weighted by molar-refractivity contribution is 0.0370. The fourth-order valence-corrected chi connectivity index (χ4v) is 5.22. The standard InChI is InChI=1S/C28H34F3N3O3/c1-37-21-4-5-26-23(15-21)22(19(17-35)16-33-26)3-2-6-28(18-36)7-10-34(11-8-28)12-9-32-20-13-24(29)27(31)25(30)14-20/h4-5,13-16,32,35-36H,2-3,6-12,17-18H2,1H3. The molecule has 0 bridgehead atoms. The van der Waals surface area contributed by atoms with Gasteiger partial charge >= 0.3 is 0 Å². The first kappa shape index (κ1) is 27.2. The molecule has 9 heteroatoms. The van der Waals surface area contributed by atoms with Gasteiger partial charge in [-0.1, -0.05) is 0 Å². The highest BCUT2D eigenvalue weighted by atomic mass is 19.2. The predicted molar refractivity (Wildman–Crippen MR) is 137 cm³/mol. The summed E-state index contributed by atoms with van der Waals surface area (Å²) in [5.74, 6) is -3.14. The Morgan fingerprint density at radius 3 is 2.46 bits per heavy atom. The van der Waals surface area contributed by atoms with Gasteiger partial charge in [0.15, 0.2) is 17.5 Å². The highest BCUT2D eigenvalue weighted by Crippen LogP contribution is 2.37. The smallest absolute Gasteiger partial charge is 0.194 e. The number of fused-ring (bicyclic) bond motifs is 1. The molecular formula is C28H34F3N3O3. The largest absolute Gasteiger partial charge is 0.497 e. The number of nitrogens with one attached hydrogen (secondary N) is 1. The number of nitrogens with zero attached hydrogens (tertiary/aromatic N) is 2. The van der Waals surface area contributed by atoms with E-state index in [0.717, 1.165) is 85.1 Å². The van der Waals surface area contributed by atoms with Crippen LogP contribution in [0.3, 0.4) is 0 Å². The van der Waals surface area contributed by atoms with Crippen LogP contribution in [0.15, 0.2) is 36.5 Å². The number of hydrogen-bond donors (Lipinski definition) is 3. The Bertz CT molecular complexity index is 1190. The number of likely N-dealkylation sites (tertiary alicyclic amines) is 1. The Kier molecular flexibility index (Phi) is 8.89. The Hall–Kier alpha value is -2.88. The third-order valence-electron chi connectivity index (χ3n) is 7.57. The summed E-state index contributed by atoms with van der Waals surface area (Å²) in [6.07, 6.45) is 5.92. The lowest BCUT2D eigenvalue weighted by atomic mass is 9.75. The molecule has 1 fully saturated rings. The van der Waals surface area contributed by atoms with Gasteiger partial charge in [-0.15, -0.1) is 0 Å². The maximum atomic E-state index is 13.4. The van der Waals surface area contributed by atoms with Crippen molar-refractivity contribution >= 4 is 16.6 Å². The van der Waals surface area contributed by atoms with E-state index < -0.39 is 17.5 Å². The van der Waals surface area contributed by atoms with Gasteiger partial charge in [-0.25, -0.2) is 13.2 Å². The molecule has 3 N–H and O–H groups in total. The number of anilines is 1. The minimum atomic E-state index is -1.47. The number of aromatic nitrogens is 1. The average Bonchev–Trinajstić information content (AvgIpc) is 2.92. The Morgan fingerprint density at radius 1 is 1.08 bits per heavy atom. The second-order valence-electron chi connectivity index (χ2n) is 9.84. The number of aliphatic hydroxyl groups is 2. The van der Waals surface area contributed by atoms with E-state index in [4.69, 9.17) is 4.74 Å². The summed E-state index contributed by atoms with van der Waals surface area (Å²) in [4.78, 5) is 6.71. The summed E-state index contributed by atoms with van der Waals surface area (Å²) in [5.41, 5.74) is 2.78. The molecule has 0 aliphatic carbocycles. The summed E-state index contributed by atoms with van der Waals surface area (Å²) >= 11 is 0. The van der Waals surface area contributed by atoms with Crippen molar-refractivity contribution in [3.8, 4) is 5.75 Å². The van der Waals surface area contributed by atoms with Crippen molar-refractivity contribution in [2.24, 2.45) is 5.41 Å². The molecule has 0 unspecified atom stereocenters. The van der Waals surface area contributed by atoms with Crippen LogP contribution < -0.4 is 10.1 Å². The first-order valence-corrected chi connectivity index (χ1v) is 12.6. The van der Waals surface area contributed by atoms with Crippen LogP contribution in [0.5, 0.6) is 5.75 Å². The zero-order chi connectivity index (χ0) is 26.4. The molecule has 0 amide bonds. The molecule has 0 spiro atoms. The quantitative estimate of drug-likeness (QED) is 0.321. The molecule has 0 radical (unpaired) electrons. The van der Waals surface area contributed by atoms with Crippen LogP contribution in [0, 0.1) is 22.9 Å². The van der Waals surface area contributed by atoms with E-state index in [-0.39, 0.29) is 24.3 Å². The number of rotatable bonds is 11. The normalized spacial score (nSPS) is 15.7. The molecule has 1 aliphatic rings. The first-order valence-electron chi connectivity index (χ1n) is 12.6. The van der Waals surface area contributed by atoms with Crippen molar-refractivity contribution in [2.45, 2.75) is 38.7 Å². The summed E-state index contributed by atoms with van der Waals surface area (Å²) in [6, 6.07) is 7.66. The van der Waals surface area contributed by atoms with Gasteiger partial charge < -0.3 is 25.2 Å². The van der Waals surface area contributed by atoms with Crippen molar-refractivity contribution in [3.05, 3.63) is 65.1 Å². The minimum absolute atomic E-state index is 0.0825. The molecule has 37 heavy (non-hydrogen) atoms. The third kappa shape index (κ3) is 6.34. The Morgan fingerprint density at radius 2 is 1.81 bits per heavy atom. The van der Waals surface area contributed by atoms with Crippen molar-refractivity contribution in [1.82, 2.24) is 9.88 Å². The monoisotopic (exact) mass is 517 g/mol. The van der Waals surface area contributed by atoms with Gasteiger partial charge in [0.2, 0.25) is 0 Å². The van der Waals surface area contributed by atoms with Crippen molar-refractivity contribution in [2.75, 3.05) is 45.2 Å². The summed E-state index contributed by atoms with van der Waals surface area (Å²) in [7, 11) is 1.63. The zero-order valence-corrected chi connectivity index (χ0v) is 21.1. The highest BCUT2D eigenvalue weighted by molar-refractivity contribution is 5.84. The van der Waals surface area contributed by atoms with Crippen molar-refractivity contribution in [1.29, 1.82) is 0 Å². The molecule has 200 valence electrons. The van der Waals surface area contributed by atoms with Gasteiger partial charge in [-0.3, -0.25) is 4.98 Å². The summed E-state index contributed by atoms with van der Waals surface area (Å²) in [6.45, 7) is 2.80. The molecule has 6 nitrogen and oxygen atoms in total. The van der Waals surface area contributed by atoms with Crippen LogP contribution in [0.1, 0.15) is 36.8 Å². The molecule has 1 aromatic heterocycles. The average molecular weight is 518 g/mol. The lowest BCUT2D eigenvalue weighted by Gasteiger charge is -2.41. The number of ether oxygens (including phenoxy) is 1. The number of hydrogen-bond acceptors (Lipinski definition) is 6. The molecule has 0 atom stereocenters. The van der Waals surface area contributed by atoms with Crippen molar-refractivity contribution in [3.63, 3.8) is 0 Å². The fraction of sp³-hybridized carbons (Fsp3) is 0.464. The van der Waals surface area contributed by atoms with Gasteiger partial charge in [-0.2, -0.15) is 0 Å². The molecule has 0 saturated carbocycles. The first-order chi connectivity index (χ1) is 17.9. The van der Waals surface area contributed by atoms with Gasteiger partial charge in [-0.05, 0) is 79.9 Å². The molecule has 4 rings (SSSR count). The van der Waals surface area contributed by atoms with Crippen molar-refractivity contribution < 1.29 is 28.1 Å².